The van der Waals surface area contributed by atoms with E-state index < -0.39 is 7.38 Å². The highest BCUT2D eigenvalue weighted by Gasteiger charge is 2.60. The summed E-state index contributed by atoms with van der Waals surface area (Å²) in [5.74, 6) is 0. The minimum Gasteiger partial charge on any atom is -0.154 e. The Morgan fingerprint density at radius 1 is 0.882 bits per heavy atom. The molecule has 17 heavy (non-hydrogen) atoms. The Balaban J connectivity index is 2.24. The van der Waals surface area contributed by atoms with Crippen LogP contribution >= 0.6 is 11.1 Å². The molecule has 1 atom stereocenters. The zero-order valence-corrected chi connectivity index (χ0v) is 11.8. The number of hydrogen-bond acceptors (Lipinski definition) is 0. The van der Waals surface area contributed by atoms with E-state index in [-0.39, 0.29) is 5.04 Å². The van der Waals surface area contributed by atoms with Gasteiger partial charge in [-0.2, -0.15) is 11.1 Å². The van der Waals surface area contributed by atoms with E-state index in [1.54, 1.807) is 0 Å². The van der Waals surface area contributed by atoms with Crippen LogP contribution in [-0.4, -0.2) is 7.38 Å². The standard InChI is InChI=1S/C15H15ClSi/c1-15(2)13-10-6-7-11-14(13)17(15,16)12-8-4-3-5-9-12/h3-11H,1-2H3. The highest BCUT2D eigenvalue weighted by molar-refractivity contribution is 7.37. The molecular formula is C15H15ClSi. The Morgan fingerprint density at radius 2 is 1.47 bits per heavy atom. The summed E-state index contributed by atoms with van der Waals surface area (Å²) in [6.45, 7) is 4.56. The molecule has 2 aromatic carbocycles. The maximum atomic E-state index is 7.09. The van der Waals surface area contributed by atoms with Crippen LogP contribution in [0.15, 0.2) is 54.6 Å². The third kappa shape index (κ3) is 1.24. The Kier molecular flexibility index (Phi) is 2.26. The van der Waals surface area contributed by atoms with E-state index in [1.807, 2.05) is 0 Å². The van der Waals surface area contributed by atoms with Crippen molar-refractivity contribution in [2.45, 2.75) is 18.9 Å². The Hall–Kier alpha value is -1.05. The smallest absolute Gasteiger partial charge is 0.154 e. The van der Waals surface area contributed by atoms with Gasteiger partial charge < -0.3 is 0 Å². The van der Waals surface area contributed by atoms with Crippen LogP contribution in [0.4, 0.5) is 0 Å². The molecule has 2 heteroatoms. The van der Waals surface area contributed by atoms with Gasteiger partial charge >= 0.3 is 0 Å². The topological polar surface area (TPSA) is 0 Å². The average molecular weight is 259 g/mol. The van der Waals surface area contributed by atoms with Gasteiger partial charge in [-0.1, -0.05) is 68.4 Å². The molecule has 0 bridgehead atoms. The van der Waals surface area contributed by atoms with Crippen molar-refractivity contribution >= 4 is 28.8 Å². The van der Waals surface area contributed by atoms with Crippen LogP contribution in [0, 0.1) is 0 Å². The number of halogens is 1. The second-order valence-corrected chi connectivity index (χ2v) is 10.6. The van der Waals surface area contributed by atoms with E-state index in [2.05, 4.69) is 68.4 Å². The van der Waals surface area contributed by atoms with Gasteiger partial charge in [0.25, 0.3) is 0 Å². The van der Waals surface area contributed by atoms with Gasteiger partial charge in [0.15, 0.2) is 0 Å². The molecule has 1 aliphatic rings. The molecule has 0 nitrogen and oxygen atoms in total. The molecule has 0 spiro atoms. The van der Waals surface area contributed by atoms with Crippen LogP contribution in [0.2, 0.25) is 0 Å². The third-order valence-corrected chi connectivity index (χ3v) is 11.0. The molecule has 1 heterocycles. The zero-order chi connectivity index (χ0) is 12.1. The number of benzene rings is 2. The maximum Gasteiger partial charge on any atom is 0.227 e. The van der Waals surface area contributed by atoms with E-state index in [4.69, 9.17) is 11.1 Å². The molecule has 0 fully saturated rings. The minimum absolute atomic E-state index is 0.118. The van der Waals surface area contributed by atoms with Crippen LogP contribution in [0.3, 0.4) is 0 Å². The molecule has 0 radical (unpaired) electrons. The highest BCUT2D eigenvalue weighted by atomic mass is 35.6. The van der Waals surface area contributed by atoms with Crippen molar-refractivity contribution in [2.24, 2.45) is 0 Å². The highest BCUT2D eigenvalue weighted by Crippen LogP contribution is 2.43. The third-order valence-electron chi connectivity index (χ3n) is 4.00. The molecule has 0 aliphatic carbocycles. The van der Waals surface area contributed by atoms with Gasteiger partial charge in [-0.05, 0) is 15.9 Å². The van der Waals surface area contributed by atoms with E-state index in [0.717, 1.165) is 0 Å². The fourth-order valence-electron chi connectivity index (χ4n) is 2.97. The first-order chi connectivity index (χ1) is 8.08. The first-order valence-corrected chi connectivity index (χ1v) is 8.94. The molecule has 86 valence electrons. The van der Waals surface area contributed by atoms with Crippen molar-refractivity contribution in [3.05, 3.63) is 60.2 Å². The lowest BCUT2D eigenvalue weighted by Crippen LogP contribution is -2.75. The first-order valence-electron chi connectivity index (χ1n) is 5.93. The van der Waals surface area contributed by atoms with Gasteiger partial charge in [0.2, 0.25) is 7.38 Å². The summed E-state index contributed by atoms with van der Waals surface area (Å²) in [5.41, 5.74) is 1.42. The van der Waals surface area contributed by atoms with E-state index in [1.165, 1.54) is 15.9 Å². The number of rotatable bonds is 1. The van der Waals surface area contributed by atoms with Crippen LogP contribution < -0.4 is 10.4 Å². The van der Waals surface area contributed by atoms with Crippen molar-refractivity contribution < 1.29 is 0 Å². The summed E-state index contributed by atoms with van der Waals surface area (Å²) >= 11 is 7.09. The van der Waals surface area contributed by atoms with Gasteiger partial charge in [0.05, 0.1) is 0 Å². The summed E-state index contributed by atoms with van der Waals surface area (Å²) in [7, 11) is -2.05. The van der Waals surface area contributed by atoms with Crippen LogP contribution in [0.5, 0.6) is 0 Å². The molecule has 1 unspecified atom stereocenters. The van der Waals surface area contributed by atoms with Crippen molar-refractivity contribution in [3.8, 4) is 0 Å². The van der Waals surface area contributed by atoms with Gasteiger partial charge in [0, 0.05) is 5.04 Å². The predicted molar refractivity (Wildman–Crippen MR) is 76.8 cm³/mol. The maximum absolute atomic E-state index is 7.09. The largest absolute Gasteiger partial charge is 0.227 e. The normalized spacial score (nSPS) is 24.9. The number of hydrogen-bond donors (Lipinski definition) is 0. The zero-order valence-electron chi connectivity index (χ0n) is 10.1. The van der Waals surface area contributed by atoms with Gasteiger partial charge in [0.1, 0.15) is 0 Å². The Labute approximate surface area is 108 Å². The van der Waals surface area contributed by atoms with Crippen molar-refractivity contribution in [3.63, 3.8) is 0 Å². The predicted octanol–water partition coefficient (Wildman–Crippen LogP) is 2.82. The second-order valence-electron chi connectivity index (χ2n) is 5.20. The first kappa shape index (κ1) is 11.1. The molecule has 3 rings (SSSR count). The lowest BCUT2D eigenvalue weighted by molar-refractivity contribution is 0.717. The van der Waals surface area contributed by atoms with Crippen LogP contribution in [-0.2, 0) is 5.04 Å². The molecule has 0 amide bonds. The molecule has 0 saturated carbocycles. The lowest BCUT2D eigenvalue weighted by Gasteiger charge is -2.52. The average Bonchev–Trinajstić information content (AvgIpc) is 2.39. The molecule has 1 aliphatic heterocycles. The van der Waals surface area contributed by atoms with Crippen molar-refractivity contribution in [1.82, 2.24) is 0 Å². The van der Waals surface area contributed by atoms with Crippen LogP contribution in [0.1, 0.15) is 19.4 Å². The SMILES string of the molecule is CC1(C)c2ccccc2[Si]1(Cl)c1ccccc1. The Bertz CT molecular complexity index is 562. The van der Waals surface area contributed by atoms with Gasteiger partial charge in [-0.15, -0.1) is 0 Å². The minimum atomic E-state index is -2.05. The van der Waals surface area contributed by atoms with E-state index in [0.29, 0.717) is 0 Å². The van der Waals surface area contributed by atoms with E-state index >= 15 is 0 Å². The Morgan fingerprint density at radius 3 is 2.18 bits per heavy atom. The van der Waals surface area contributed by atoms with Crippen molar-refractivity contribution in [1.29, 1.82) is 0 Å². The number of fused-ring (bicyclic) bond motifs is 1. The molecular weight excluding hydrogens is 244 g/mol. The second kappa shape index (κ2) is 3.47. The molecule has 2 aromatic rings. The van der Waals surface area contributed by atoms with Crippen LogP contribution in [0.25, 0.3) is 0 Å². The molecule has 0 N–H and O–H groups in total. The van der Waals surface area contributed by atoms with Gasteiger partial charge in [-0.25, -0.2) is 0 Å². The van der Waals surface area contributed by atoms with Crippen molar-refractivity contribution in [2.75, 3.05) is 0 Å². The van der Waals surface area contributed by atoms with E-state index in [9.17, 15) is 0 Å². The fraction of sp³-hybridized carbons (Fsp3) is 0.200. The lowest BCUT2D eigenvalue weighted by atomic mass is 10.0. The quantitative estimate of drug-likeness (QED) is 0.545. The monoisotopic (exact) mass is 258 g/mol. The summed E-state index contributed by atoms with van der Waals surface area (Å²) < 4.78 is 0. The summed E-state index contributed by atoms with van der Waals surface area (Å²) in [4.78, 5) is 0. The summed E-state index contributed by atoms with van der Waals surface area (Å²) in [6, 6.07) is 19.2. The fourth-order valence-corrected chi connectivity index (χ4v) is 8.00. The molecule has 0 aromatic heterocycles. The van der Waals surface area contributed by atoms with Gasteiger partial charge in [-0.3, -0.25) is 0 Å². The molecule has 0 saturated heterocycles. The summed E-state index contributed by atoms with van der Waals surface area (Å²) in [6.07, 6.45) is 0. The summed E-state index contributed by atoms with van der Waals surface area (Å²) in [5, 5.41) is 2.83.